The van der Waals surface area contributed by atoms with Crippen molar-refractivity contribution in [3.8, 4) is 0 Å². The van der Waals surface area contributed by atoms with Crippen LogP contribution in [0.25, 0.3) is 0 Å². The second kappa shape index (κ2) is 6.38. The largest absolute Gasteiger partial charge is 0.345 e. The van der Waals surface area contributed by atoms with Gasteiger partial charge >= 0.3 is 0 Å². The van der Waals surface area contributed by atoms with Crippen LogP contribution in [0.15, 0.2) is 46.0 Å². The number of hydrogen-bond donors (Lipinski definition) is 1. The molecule has 0 fully saturated rings. The van der Waals surface area contributed by atoms with Crippen molar-refractivity contribution >= 4 is 45.2 Å². The van der Waals surface area contributed by atoms with E-state index in [4.69, 9.17) is 11.6 Å². The Hall–Kier alpha value is -1.04. The van der Waals surface area contributed by atoms with E-state index in [1.54, 1.807) is 30.2 Å². The molecule has 1 N–H and O–H groups in total. The zero-order valence-corrected chi connectivity index (χ0v) is 14.1. The molecule has 1 aliphatic rings. The molecule has 0 saturated carbocycles. The number of nitrogens with one attached hydrogen (secondary N) is 1. The van der Waals surface area contributed by atoms with Crippen LogP contribution in [-0.4, -0.2) is 16.6 Å². The minimum atomic E-state index is -0.119. The molecule has 1 amide bonds. The average molecular weight is 384 g/mol. The van der Waals surface area contributed by atoms with Crippen molar-refractivity contribution < 1.29 is 4.79 Å². The van der Waals surface area contributed by atoms with Crippen LogP contribution in [0, 0.1) is 0 Å². The first-order valence-electron chi connectivity index (χ1n) is 6.47. The summed E-state index contributed by atoms with van der Waals surface area (Å²) in [6.07, 6.45) is 4.12. The quantitative estimate of drug-likeness (QED) is 0.832. The van der Waals surface area contributed by atoms with E-state index in [2.05, 4.69) is 26.2 Å². The van der Waals surface area contributed by atoms with Crippen molar-refractivity contribution in [3.63, 3.8) is 0 Å². The Morgan fingerprint density at radius 2 is 2.24 bits per heavy atom. The molecule has 0 saturated heterocycles. The van der Waals surface area contributed by atoms with E-state index in [0.717, 1.165) is 22.2 Å². The fourth-order valence-corrected chi connectivity index (χ4v) is 3.94. The van der Waals surface area contributed by atoms with Crippen molar-refractivity contribution in [2.24, 2.45) is 0 Å². The molecule has 0 radical (unpaired) electrons. The zero-order valence-electron chi connectivity index (χ0n) is 11.0. The predicted molar refractivity (Wildman–Crippen MR) is 88.9 cm³/mol. The van der Waals surface area contributed by atoms with Crippen molar-refractivity contribution in [1.82, 2.24) is 10.3 Å². The Labute approximate surface area is 140 Å². The van der Waals surface area contributed by atoms with E-state index in [-0.39, 0.29) is 11.9 Å². The minimum absolute atomic E-state index is 0.00793. The molecule has 1 aliphatic heterocycles. The zero-order chi connectivity index (χ0) is 14.8. The Morgan fingerprint density at radius 1 is 1.38 bits per heavy atom. The summed E-state index contributed by atoms with van der Waals surface area (Å²) >= 11 is 11.2. The third-order valence-corrected chi connectivity index (χ3v) is 5.08. The molecule has 0 unspecified atom stereocenters. The Balaban J connectivity index is 1.83. The number of aromatic nitrogens is 1. The lowest BCUT2D eigenvalue weighted by atomic mass is 10.0. The highest BCUT2D eigenvalue weighted by Gasteiger charge is 2.23. The van der Waals surface area contributed by atoms with Gasteiger partial charge in [-0.2, -0.15) is 0 Å². The molecular weight excluding hydrogens is 372 g/mol. The van der Waals surface area contributed by atoms with Gasteiger partial charge in [-0.25, -0.2) is 0 Å². The minimum Gasteiger partial charge on any atom is -0.345 e. The number of halogens is 2. The van der Waals surface area contributed by atoms with Crippen LogP contribution in [0.2, 0.25) is 5.02 Å². The predicted octanol–water partition coefficient (Wildman–Crippen LogP) is 4.46. The number of carbonyl (C=O) groups excluding carboxylic acids is 1. The third kappa shape index (κ3) is 3.42. The van der Waals surface area contributed by atoms with E-state index >= 15 is 0 Å². The molecule has 3 rings (SSSR count). The van der Waals surface area contributed by atoms with Gasteiger partial charge in [0.05, 0.1) is 11.6 Å². The number of amides is 1. The van der Waals surface area contributed by atoms with Crippen LogP contribution in [0.4, 0.5) is 0 Å². The highest BCUT2D eigenvalue weighted by atomic mass is 79.9. The number of fused-ring (bicyclic) bond motifs is 1. The highest BCUT2D eigenvalue weighted by molar-refractivity contribution is 9.10. The molecule has 3 nitrogen and oxygen atoms in total. The number of thioether (sulfide) groups is 1. The molecule has 1 aromatic heterocycles. The van der Waals surface area contributed by atoms with Gasteiger partial charge in [-0.15, -0.1) is 11.8 Å². The van der Waals surface area contributed by atoms with Gasteiger partial charge in [0.25, 0.3) is 5.91 Å². The van der Waals surface area contributed by atoms with Gasteiger partial charge in [0.15, 0.2) is 0 Å². The molecule has 1 atom stereocenters. The van der Waals surface area contributed by atoms with E-state index in [0.29, 0.717) is 10.6 Å². The smallest absolute Gasteiger partial charge is 0.253 e. The summed E-state index contributed by atoms with van der Waals surface area (Å²) < 4.78 is 0.790. The molecule has 21 heavy (non-hydrogen) atoms. The monoisotopic (exact) mass is 382 g/mol. The topological polar surface area (TPSA) is 42.0 Å². The third-order valence-electron chi connectivity index (χ3n) is 3.28. The molecule has 0 spiro atoms. The van der Waals surface area contributed by atoms with Crippen LogP contribution < -0.4 is 5.32 Å². The van der Waals surface area contributed by atoms with Crippen molar-refractivity contribution in [2.75, 3.05) is 5.75 Å². The fraction of sp³-hybridized carbons (Fsp3) is 0.200. The fourth-order valence-electron chi connectivity index (χ4n) is 2.29. The summed E-state index contributed by atoms with van der Waals surface area (Å²) in [6.45, 7) is 0. The van der Waals surface area contributed by atoms with Crippen molar-refractivity contribution in [1.29, 1.82) is 0 Å². The second-order valence-electron chi connectivity index (χ2n) is 4.74. The first-order valence-corrected chi connectivity index (χ1v) is 8.63. The van der Waals surface area contributed by atoms with Crippen molar-refractivity contribution in [3.05, 3.63) is 57.3 Å². The number of benzene rings is 1. The van der Waals surface area contributed by atoms with E-state index in [9.17, 15) is 4.79 Å². The summed E-state index contributed by atoms with van der Waals surface area (Å²) in [5.41, 5.74) is 1.64. The Kier molecular flexibility index (Phi) is 4.52. The Morgan fingerprint density at radius 3 is 3.05 bits per heavy atom. The van der Waals surface area contributed by atoms with E-state index in [1.807, 2.05) is 18.2 Å². The van der Waals surface area contributed by atoms with Gasteiger partial charge in [0.2, 0.25) is 0 Å². The number of carbonyl (C=O) groups is 1. The van der Waals surface area contributed by atoms with Gasteiger partial charge in [0, 0.05) is 32.5 Å². The van der Waals surface area contributed by atoms with Crippen LogP contribution in [-0.2, 0) is 0 Å². The maximum Gasteiger partial charge on any atom is 0.253 e. The number of rotatable bonds is 2. The molecule has 108 valence electrons. The standard InChI is InChI=1S/C15H12BrClN2OS/c16-10-5-9(7-18-8-10)15(20)19-13-3-4-21-14-2-1-11(17)6-12(13)14/h1-2,5-8,13H,3-4H2,(H,19,20)/t13-/m1/s1. The first-order chi connectivity index (χ1) is 10.1. The van der Waals surface area contributed by atoms with Gasteiger partial charge in [-0.3, -0.25) is 9.78 Å². The van der Waals surface area contributed by atoms with Crippen molar-refractivity contribution in [2.45, 2.75) is 17.4 Å². The van der Waals surface area contributed by atoms with Crippen LogP contribution >= 0.6 is 39.3 Å². The molecular formula is C15H12BrClN2OS. The number of pyridine rings is 1. The lowest BCUT2D eigenvalue weighted by Gasteiger charge is -2.26. The van der Waals surface area contributed by atoms with Gasteiger partial charge in [-0.05, 0) is 52.2 Å². The summed E-state index contributed by atoms with van der Waals surface area (Å²) in [7, 11) is 0. The summed E-state index contributed by atoms with van der Waals surface area (Å²) in [4.78, 5) is 17.6. The summed E-state index contributed by atoms with van der Waals surface area (Å²) in [6, 6.07) is 7.59. The molecule has 2 heterocycles. The molecule has 1 aromatic carbocycles. The highest BCUT2D eigenvalue weighted by Crippen LogP contribution is 2.37. The molecule has 0 aliphatic carbocycles. The number of nitrogens with zero attached hydrogens (tertiary/aromatic N) is 1. The van der Waals surface area contributed by atoms with Crippen LogP contribution in [0.3, 0.4) is 0 Å². The normalized spacial score (nSPS) is 17.1. The average Bonchev–Trinajstić information content (AvgIpc) is 2.48. The maximum atomic E-state index is 12.3. The number of hydrogen-bond acceptors (Lipinski definition) is 3. The second-order valence-corrected chi connectivity index (χ2v) is 7.23. The first kappa shape index (κ1) is 14.9. The SMILES string of the molecule is O=C(N[C@@H]1CCSc2ccc(Cl)cc21)c1cncc(Br)c1. The lowest BCUT2D eigenvalue weighted by Crippen LogP contribution is -2.30. The van der Waals surface area contributed by atoms with Crippen LogP contribution in [0.5, 0.6) is 0 Å². The van der Waals surface area contributed by atoms with Crippen LogP contribution in [0.1, 0.15) is 28.4 Å². The maximum absolute atomic E-state index is 12.3. The Bertz CT molecular complexity index is 695. The van der Waals surface area contributed by atoms with Gasteiger partial charge in [-0.1, -0.05) is 11.6 Å². The molecule has 0 bridgehead atoms. The van der Waals surface area contributed by atoms with E-state index in [1.165, 1.54) is 4.90 Å². The molecule has 6 heteroatoms. The van der Waals surface area contributed by atoms with Gasteiger partial charge < -0.3 is 5.32 Å². The van der Waals surface area contributed by atoms with E-state index < -0.39 is 0 Å². The van der Waals surface area contributed by atoms with Gasteiger partial charge in [0.1, 0.15) is 0 Å². The lowest BCUT2D eigenvalue weighted by molar-refractivity contribution is 0.0934. The molecule has 2 aromatic rings. The summed E-state index contributed by atoms with van der Waals surface area (Å²) in [5, 5.41) is 3.77. The summed E-state index contributed by atoms with van der Waals surface area (Å²) in [5.74, 6) is 0.864.